The summed E-state index contributed by atoms with van der Waals surface area (Å²) in [4.78, 5) is 12.5. The second-order valence-corrected chi connectivity index (χ2v) is 8.21. The molecule has 0 spiro atoms. The van der Waals surface area contributed by atoms with Crippen LogP contribution >= 0.6 is 0 Å². The minimum Gasteiger partial charge on any atom is -0.480 e. The summed E-state index contributed by atoms with van der Waals surface area (Å²) >= 11 is 0. The maximum absolute atomic E-state index is 12.3. The molecule has 1 N–H and O–H groups in total. The molecule has 0 aromatic carbocycles. The summed E-state index contributed by atoms with van der Waals surface area (Å²) < 4.78 is 26.0. The van der Waals surface area contributed by atoms with Crippen LogP contribution in [0.1, 0.15) is 27.2 Å². The molecule has 0 aromatic rings. The standard InChI is InChI=1S/C12H24N2O4S/c1-12(2,3)10-19(17,18)14-6-4-5-13(7-8-14)9-11(15)16/h4-10H2,1-3H3,(H,15,16). The minimum atomic E-state index is -3.26. The zero-order valence-corrected chi connectivity index (χ0v) is 12.7. The topological polar surface area (TPSA) is 77.9 Å². The maximum atomic E-state index is 12.3. The Hall–Kier alpha value is -0.660. The molecule has 0 unspecified atom stereocenters. The Balaban J connectivity index is 2.64. The fourth-order valence-corrected chi connectivity index (χ4v) is 4.26. The highest BCUT2D eigenvalue weighted by Crippen LogP contribution is 2.19. The van der Waals surface area contributed by atoms with Crippen molar-refractivity contribution in [1.82, 2.24) is 9.21 Å². The van der Waals surface area contributed by atoms with Crippen LogP contribution < -0.4 is 0 Å². The first-order valence-corrected chi connectivity index (χ1v) is 8.13. The van der Waals surface area contributed by atoms with E-state index in [1.165, 1.54) is 4.31 Å². The van der Waals surface area contributed by atoms with E-state index in [1.807, 2.05) is 20.8 Å². The van der Waals surface area contributed by atoms with Gasteiger partial charge >= 0.3 is 5.97 Å². The molecule has 1 aliphatic heterocycles. The molecular weight excluding hydrogens is 268 g/mol. The Bertz CT molecular complexity index is 414. The number of carboxylic acids is 1. The average molecular weight is 292 g/mol. The molecule has 1 aliphatic rings. The summed E-state index contributed by atoms with van der Waals surface area (Å²) in [6.45, 7) is 7.66. The van der Waals surface area contributed by atoms with E-state index < -0.39 is 16.0 Å². The lowest BCUT2D eigenvalue weighted by Crippen LogP contribution is -2.40. The summed E-state index contributed by atoms with van der Waals surface area (Å²) in [6.07, 6.45) is 0.677. The molecule has 0 saturated carbocycles. The fraction of sp³-hybridized carbons (Fsp3) is 0.917. The second-order valence-electron chi connectivity index (χ2n) is 6.24. The van der Waals surface area contributed by atoms with Crippen molar-refractivity contribution in [3.63, 3.8) is 0 Å². The van der Waals surface area contributed by atoms with Crippen molar-refractivity contribution in [3.8, 4) is 0 Å². The molecule has 19 heavy (non-hydrogen) atoms. The maximum Gasteiger partial charge on any atom is 0.317 e. The van der Waals surface area contributed by atoms with E-state index in [4.69, 9.17) is 5.11 Å². The summed E-state index contributed by atoms with van der Waals surface area (Å²) in [5.74, 6) is -0.746. The molecule has 0 aliphatic carbocycles. The van der Waals surface area contributed by atoms with Gasteiger partial charge in [0.1, 0.15) is 0 Å². The molecule has 0 atom stereocenters. The highest BCUT2D eigenvalue weighted by atomic mass is 32.2. The number of sulfonamides is 1. The van der Waals surface area contributed by atoms with Crippen LogP contribution in [0.4, 0.5) is 0 Å². The molecule has 6 nitrogen and oxygen atoms in total. The molecule has 7 heteroatoms. The van der Waals surface area contributed by atoms with Crippen LogP contribution in [0.15, 0.2) is 0 Å². The van der Waals surface area contributed by atoms with Crippen LogP contribution in [-0.4, -0.2) is 67.2 Å². The molecule has 0 amide bonds. The predicted octanol–water partition coefficient (Wildman–Crippen LogP) is 0.455. The van der Waals surface area contributed by atoms with Crippen LogP contribution in [0, 0.1) is 5.41 Å². The van der Waals surface area contributed by atoms with Crippen molar-refractivity contribution >= 4 is 16.0 Å². The van der Waals surface area contributed by atoms with Gasteiger partial charge in [0.25, 0.3) is 0 Å². The Labute approximate surface area is 115 Å². The van der Waals surface area contributed by atoms with Crippen molar-refractivity contribution in [2.75, 3.05) is 38.5 Å². The third kappa shape index (κ3) is 5.88. The Morgan fingerprint density at radius 3 is 2.32 bits per heavy atom. The van der Waals surface area contributed by atoms with Gasteiger partial charge in [-0.1, -0.05) is 20.8 Å². The summed E-state index contributed by atoms with van der Waals surface area (Å²) in [5.41, 5.74) is -0.272. The lowest BCUT2D eigenvalue weighted by atomic mass is 10.0. The Morgan fingerprint density at radius 2 is 1.79 bits per heavy atom. The molecule has 1 rings (SSSR count). The third-order valence-corrected chi connectivity index (χ3v) is 5.30. The summed E-state index contributed by atoms with van der Waals surface area (Å²) in [7, 11) is -3.26. The molecule has 0 bridgehead atoms. The van der Waals surface area contributed by atoms with Gasteiger partial charge in [-0.2, -0.15) is 0 Å². The smallest absolute Gasteiger partial charge is 0.317 e. The predicted molar refractivity (Wildman–Crippen MR) is 73.5 cm³/mol. The Kier molecular flexibility index (Phi) is 5.34. The highest BCUT2D eigenvalue weighted by Gasteiger charge is 2.29. The zero-order chi connectivity index (χ0) is 14.7. The van der Waals surface area contributed by atoms with Gasteiger partial charge in [0.05, 0.1) is 12.3 Å². The van der Waals surface area contributed by atoms with Crippen molar-refractivity contribution in [2.45, 2.75) is 27.2 Å². The van der Waals surface area contributed by atoms with Crippen LogP contribution in [0.25, 0.3) is 0 Å². The molecular formula is C12H24N2O4S. The van der Waals surface area contributed by atoms with Crippen LogP contribution in [-0.2, 0) is 14.8 Å². The zero-order valence-electron chi connectivity index (χ0n) is 11.9. The van der Waals surface area contributed by atoms with Gasteiger partial charge in [-0.3, -0.25) is 9.69 Å². The van der Waals surface area contributed by atoms with Gasteiger partial charge < -0.3 is 5.11 Å². The lowest BCUT2D eigenvalue weighted by molar-refractivity contribution is -0.138. The van der Waals surface area contributed by atoms with Gasteiger partial charge in [0.2, 0.25) is 10.0 Å². The molecule has 112 valence electrons. The molecule has 1 heterocycles. The van der Waals surface area contributed by atoms with Crippen LogP contribution in [0.5, 0.6) is 0 Å². The normalized spacial score (nSPS) is 20.2. The highest BCUT2D eigenvalue weighted by molar-refractivity contribution is 7.89. The van der Waals surface area contributed by atoms with E-state index in [0.717, 1.165) is 0 Å². The first-order chi connectivity index (χ1) is 8.60. The SMILES string of the molecule is CC(C)(C)CS(=O)(=O)N1CCCN(CC(=O)O)CC1. The number of carboxylic acid groups (broad SMARTS) is 1. The monoisotopic (exact) mass is 292 g/mol. The largest absolute Gasteiger partial charge is 0.480 e. The number of hydrogen-bond donors (Lipinski definition) is 1. The first kappa shape index (κ1) is 16.4. The van der Waals surface area contributed by atoms with E-state index in [0.29, 0.717) is 32.6 Å². The van der Waals surface area contributed by atoms with Crippen LogP contribution in [0.2, 0.25) is 0 Å². The van der Waals surface area contributed by atoms with E-state index in [-0.39, 0.29) is 17.7 Å². The molecule has 0 radical (unpaired) electrons. The fourth-order valence-electron chi connectivity index (χ4n) is 2.21. The van der Waals surface area contributed by atoms with Crippen molar-refractivity contribution in [2.24, 2.45) is 5.41 Å². The minimum absolute atomic E-state index is 0.0207. The number of rotatable bonds is 4. The first-order valence-electron chi connectivity index (χ1n) is 6.52. The quantitative estimate of drug-likeness (QED) is 0.814. The molecule has 1 fully saturated rings. The summed E-state index contributed by atoms with van der Waals surface area (Å²) in [6, 6.07) is 0. The third-order valence-electron chi connectivity index (χ3n) is 2.92. The van der Waals surface area contributed by atoms with E-state index in [9.17, 15) is 13.2 Å². The van der Waals surface area contributed by atoms with E-state index >= 15 is 0 Å². The lowest BCUT2D eigenvalue weighted by Gasteiger charge is -2.25. The van der Waals surface area contributed by atoms with E-state index in [2.05, 4.69) is 0 Å². The Morgan fingerprint density at radius 1 is 1.16 bits per heavy atom. The summed E-state index contributed by atoms with van der Waals surface area (Å²) in [5, 5.41) is 8.76. The van der Waals surface area contributed by atoms with Crippen LogP contribution in [0.3, 0.4) is 0 Å². The van der Waals surface area contributed by atoms with Crippen molar-refractivity contribution < 1.29 is 18.3 Å². The average Bonchev–Trinajstić information content (AvgIpc) is 2.38. The van der Waals surface area contributed by atoms with Crippen molar-refractivity contribution in [3.05, 3.63) is 0 Å². The van der Waals surface area contributed by atoms with Gasteiger partial charge in [-0.25, -0.2) is 12.7 Å². The number of hydrogen-bond acceptors (Lipinski definition) is 4. The van der Waals surface area contributed by atoms with Crippen molar-refractivity contribution in [1.29, 1.82) is 0 Å². The van der Waals surface area contributed by atoms with E-state index in [1.54, 1.807) is 4.90 Å². The van der Waals surface area contributed by atoms with Gasteiger partial charge in [0, 0.05) is 26.2 Å². The second kappa shape index (κ2) is 6.19. The van der Waals surface area contributed by atoms with Gasteiger partial charge in [-0.15, -0.1) is 0 Å². The molecule has 1 saturated heterocycles. The number of nitrogens with zero attached hydrogens (tertiary/aromatic N) is 2. The van der Waals surface area contributed by atoms with Gasteiger partial charge in [0.15, 0.2) is 0 Å². The molecule has 0 aromatic heterocycles. The number of carbonyl (C=O) groups is 1. The van der Waals surface area contributed by atoms with Gasteiger partial charge in [-0.05, 0) is 11.8 Å². The number of aliphatic carboxylic acids is 1.